The van der Waals surface area contributed by atoms with Gasteiger partial charge in [0.05, 0.1) is 0 Å². The summed E-state index contributed by atoms with van der Waals surface area (Å²) in [6, 6.07) is 0. The third kappa shape index (κ3) is 4.28. The molecule has 0 aromatic heterocycles. The molecule has 4 nitrogen and oxygen atoms in total. The van der Waals surface area contributed by atoms with E-state index in [1.165, 1.54) is 32.4 Å². The van der Waals surface area contributed by atoms with Gasteiger partial charge < -0.3 is 15.5 Å². The Kier molecular flexibility index (Phi) is 5.26. The van der Waals surface area contributed by atoms with Gasteiger partial charge in [-0.3, -0.25) is 4.79 Å². The minimum atomic E-state index is 0.248. The van der Waals surface area contributed by atoms with Gasteiger partial charge in [-0.25, -0.2) is 0 Å². The molecular weight excluding hydrogens is 214 g/mol. The summed E-state index contributed by atoms with van der Waals surface area (Å²) in [5, 5.41) is 6.38. The van der Waals surface area contributed by atoms with E-state index in [1.807, 2.05) is 0 Å². The lowest BCUT2D eigenvalue weighted by Crippen LogP contribution is -2.42. The van der Waals surface area contributed by atoms with Gasteiger partial charge in [0, 0.05) is 19.0 Å². The van der Waals surface area contributed by atoms with Crippen LogP contribution in [0.3, 0.4) is 0 Å². The van der Waals surface area contributed by atoms with Crippen molar-refractivity contribution in [1.82, 2.24) is 15.5 Å². The number of carbonyl (C=O) groups excluding carboxylic acids is 1. The van der Waals surface area contributed by atoms with Crippen LogP contribution in [0.15, 0.2) is 0 Å². The van der Waals surface area contributed by atoms with Crippen molar-refractivity contribution < 1.29 is 4.79 Å². The van der Waals surface area contributed by atoms with E-state index in [0.29, 0.717) is 0 Å². The summed E-state index contributed by atoms with van der Waals surface area (Å²) in [4.78, 5) is 14.3. The van der Waals surface area contributed by atoms with E-state index < -0.39 is 0 Å². The monoisotopic (exact) mass is 239 g/mol. The first-order chi connectivity index (χ1) is 8.36. The van der Waals surface area contributed by atoms with Crippen molar-refractivity contribution in [2.75, 3.05) is 39.3 Å². The molecule has 2 aliphatic heterocycles. The molecule has 0 radical (unpaired) electrons. The van der Waals surface area contributed by atoms with Crippen LogP contribution in [-0.4, -0.2) is 50.1 Å². The lowest BCUT2D eigenvalue weighted by molar-refractivity contribution is -0.125. The topological polar surface area (TPSA) is 44.4 Å². The molecule has 4 heteroatoms. The van der Waals surface area contributed by atoms with Gasteiger partial charge >= 0.3 is 0 Å². The zero-order valence-corrected chi connectivity index (χ0v) is 10.7. The predicted molar refractivity (Wildman–Crippen MR) is 68.9 cm³/mol. The first-order valence-electron chi connectivity index (χ1n) is 7.07. The van der Waals surface area contributed by atoms with Crippen molar-refractivity contribution in [3.63, 3.8) is 0 Å². The van der Waals surface area contributed by atoms with Crippen molar-refractivity contribution in [3.8, 4) is 0 Å². The molecule has 0 aliphatic carbocycles. The number of carbonyl (C=O) groups is 1. The molecule has 2 saturated heterocycles. The fourth-order valence-corrected chi connectivity index (χ4v) is 2.75. The Morgan fingerprint density at radius 3 is 2.59 bits per heavy atom. The van der Waals surface area contributed by atoms with Gasteiger partial charge in [0.25, 0.3) is 0 Å². The van der Waals surface area contributed by atoms with Crippen LogP contribution in [0.2, 0.25) is 0 Å². The van der Waals surface area contributed by atoms with Crippen LogP contribution in [0.4, 0.5) is 0 Å². The molecule has 0 spiro atoms. The Balaban J connectivity index is 1.58. The molecule has 0 saturated carbocycles. The SMILES string of the molecule is O=C(NCCN1CCCCC1)C1CCNCC1. The summed E-state index contributed by atoms with van der Waals surface area (Å²) < 4.78 is 0. The van der Waals surface area contributed by atoms with E-state index in [4.69, 9.17) is 0 Å². The fraction of sp³-hybridized carbons (Fsp3) is 0.923. The Morgan fingerprint density at radius 2 is 1.88 bits per heavy atom. The molecule has 0 aromatic rings. The number of hydrogen-bond acceptors (Lipinski definition) is 3. The molecule has 98 valence electrons. The largest absolute Gasteiger partial charge is 0.355 e. The van der Waals surface area contributed by atoms with E-state index in [1.54, 1.807) is 0 Å². The van der Waals surface area contributed by atoms with Crippen molar-refractivity contribution in [2.45, 2.75) is 32.1 Å². The van der Waals surface area contributed by atoms with Crippen LogP contribution >= 0.6 is 0 Å². The summed E-state index contributed by atoms with van der Waals surface area (Å²) in [6.07, 6.45) is 6.01. The van der Waals surface area contributed by atoms with E-state index >= 15 is 0 Å². The summed E-state index contributed by atoms with van der Waals surface area (Å²) in [5.74, 6) is 0.515. The van der Waals surface area contributed by atoms with Gasteiger partial charge in [0.2, 0.25) is 5.91 Å². The number of likely N-dealkylation sites (tertiary alicyclic amines) is 1. The van der Waals surface area contributed by atoms with E-state index in [-0.39, 0.29) is 11.8 Å². The third-order valence-corrected chi connectivity index (χ3v) is 3.89. The molecule has 0 unspecified atom stereocenters. The fourth-order valence-electron chi connectivity index (χ4n) is 2.75. The first kappa shape index (κ1) is 12.8. The quantitative estimate of drug-likeness (QED) is 0.754. The predicted octanol–water partition coefficient (Wildman–Crippen LogP) is 0.588. The molecule has 2 heterocycles. The summed E-state index contributed by atoms with van der Waals surface area (Å²) in [6.45, 7) is 6.25. The molecule has 0 atom stereocenters. The Morgan fingerprint density at radius 1 is 1.18 bits per heavy atom. The number of rotatable bonds is 4. The third-order valence-electron chi connectivity index (χ3n) is 3.89. The van der Waals surface area contributed by atoms with Crippen LogP contribution in [0.1, 0.15) is 32.1 Å². The number of nitrogens with zero attached hydrogens (tertiary/aromatic N) is 1. The molecule has 1 amide bonds. The molecule has 2 aliphatic rings. The van der Waals surface area contributed by atoms with Crippen LogP contribution in [-0.2, 0) is 4.79 Å². The van der Waals surface area contributed by atoms with Crippen LogP contribution < -0.4 is 10.6 Å². The van der Waals surface area contributed by atoms with Crippen molar-refractivity contribution in [3.05, 3.63) is 0 Å². The lowest BCUT2D eigenvalue weighted by atomic mass is 9.97. The first-order valence-corrected chi connectivity index (χ1v) is 7.07. The number of nitrogens with one attached hydrogen (secondary N) is 2. The Hall–Kier alpha value is -0.610. The summed E-state index contributed by atoms with van der Waals surface area (Å²) in [7, 11) is 0. The van der Waals surface area contributed by atoms with Crippen LogP contribution in [0.5, 0.6) is 0 Å². The zero-order chi connectivity index (χ0) is 11.9. The average Bonchev–Trinajstić information content (AvgIpc) is 2.41. The summed E-state index contributed by atoms with van der Waals surface area (Å²) >= 11 is 0. The average molecular weight is 239 g/mol. The molecule has 0 aromatic carbocycles. The highest BCUT2D eigenvalue weighted by Crippen LogP contribution is 2.11. The second kappa shape index (κ2) is 6.97. The van der Waals surface area contributed by atoms with Gasteiger partial charge in [0.1, 0.15) is 0 Å². The second-order valence-electron chi connectivity index (χ2n) is 5.22. The molecular formula is C13H25N3O. The molecule has 17 heavy (non-hydrogen) atoms. The molecule has 2 N–H and O–H groups in total. The lowest BCUT2D eigenvalue weighted by Gasteiger charge is -2.27. The van der Waals surface area contributed by atoms with Crippen LogP contribution in [0, 0.1) is 5.92 Å². The Labute approximate surface area is 104 Å². The number of piperidine rings is 2. The highest BCUT2D eigenvalue weighted by atomic mass is 16.1. The van der Waals surface area contributed by atoms with Crippen molar-refractivity contribution in [2.24, 2.45) is 5.92 Å². The molecule has 0 bridgehead atoms. The number of amides is 1. The second-order valence-corrected chi connectivity index (χ2v) is 5.22. The zero-order valence-electron chi connectivity index (χ0n) is 10.7. The smallest absolute Gasteiger partial charge is 0.223 e. The van der Waals surface area contributed by atoms with Crippen molar-refractivity contribution >= 4 is 5.91 Å². The normalized spacial score (nSPS) is 23.5. The maximum absolute atomic E-state index is 11.9. The van der Waals surface area contributed by atoms with Crippen LogP contribution in [0.25, 0.3) is 0 Å². The maximum Gasteiger partial charge on any atom is 0.223 e. The molecule has 2 rings (SSSR count). The van der Waals surface area contributed by atoms with Gasteiger partial charge in [-0.15, -0.1) is 0 Å². The van der Waals surface area contributed by atoms with Gasteiger partial charge in [0.15, 0.2) is 0 Å². The standard InChI is InChI=1S/C13H25N3O/c17-13(12-4-6-14-7-5-12)15-8-11-16-9-2-1-3-10-16/h12,14H,1-11H2,(H,15,17). The summed E-state index contributed by atoms with van der Waals surface area (Å²) in [5.41, 5.74) is 0. The van der Waals surface area contributed by atoms with Gasteiger partial charge in [-0.2, -0.15) is 0 Å². The minimum absolute atomic E-state index is 0.248. The molecule has 2 fully saturated rings. The van der Waals surface area contributed by atoms with E-state index in [0.717, 1.165) is 39.0 Å². The Bertz CT molecular complexity index is 233. The highest BCUT2D eigenvalue weighted by molar-refractivity contribution is 5.78. The van der Waals surface area contributed by atoms with E-state index in [9.17, 15) is 4.79 Å². The van der Waals surface area contributed by atoms with E-state index in [2.05, 4.69) is 15.5 Å². The van der Waals surface area contributed by atoms with Crippen molar-refractivity contribution in [1.29, 1.82) is 0 Å². The number of hydrogen-bond donors (Lipinski definition) is 2. The minimum Gasteiger partial charge on any atom is -0.355 e. The van der Waals surface area contributed by atoms with Gasteiger partial charge in [-0.05, 0) is 51.9 Å². The maximum atomic E-state index is 11.9. The van der Waals surface area contributed by atoms with Gasteiger partial charge in [-0.1, -0.05) is 6.42 Å². The highest BCUT2D eigenvalue weighted by Gasteiger charge is 2.20.